The molecular formula is C9H15N3. The molecule has 0 aliphatic carbocycles. The smallest absolute Gasteiger partial charge is 0.0880 e. The summed E-state index contributed by atoms with van der Waals surface area (Å²) in [6.07, 6.45) is 0.816. The lowest BCUT2D eigenvalue weighted by Gasteiger charge is -1.97. The van der Waals surface area contributed by atoms with Gasteiger partial charge in [-0.1, -0.05) is 6.58 Å². The van der Waals surface area contributed by atoms with Gasteiger partial charge in [0.2, 0.25) is 0 Å². The van der Waals surface area contributed by atoms with Crippen molar-refractivity contribution in [2.45, 2.75) is 13.3 Å². The molecule has 0 amide bonds. The maximum absolute atomic E-state index is 5.42. The average molecular weight is 165 g/mol. The zero-order valence-corrected chi connectivity index (χ0v) is 7.67. The van der Waals surface area contributed by atoms with E-state index in [2.05, 4.69) is 11.7 Å². The van der Waals surface area contributed by atoms with Crippen LogP contribution in [-0.2, 0) is 7.05 Å². The Hall–Kier alpha value is -1.09. The molecule has 0 aliphatic heterocycles. The van der Waals surface area contributed by atoms with Gasteiger partial charge in [0.1, 0.15) is 0 Å². The molecule has 0 unspecified atom stereocenters. The first kappa shape index (κ1) is 9.00. The molecule has 0 atom stereocenters. The Bertz CT molecular complexity index is 266. The minimum absolute atomic E-state index is 0.633. The van der Waals surface area contributed by atoms with Gasteiger partial charge in [0, 0.05) is 12.7 Å². The van der Waals surface area contributed by atoms with E-state index in [9.17, 15) is 0 Å². The zero-order chi connectivity index (χ0) is 9.14. The molecule has 0 bridgehead atoms. The first-order valence-electron chi connectivity index (χ1n) is 4.04. The summed E-state index contributed by atoms with van der Waals surface area (Å²) in [5.74, 6) is 0. The van der Waals surface area contributed by atoms with Crippen molar-refractivity contribution in [1.29, 1.82) is 0 Å². The summed E-state index contributed by atoms with van der Waals surface area (Å²) in [5, 5.41) is 4.29. The lowest BCUT2D eigenvalue weighted by atomic mass is 10.1. The molecule has 12 heavy (non-hydrogen) atoms. The summed E-state index contributed by atoms with van der Waals surface area (Å²) in [6, 6.07) is 2.03. The fraction of sp³-hybridized carbons (Fsp3) is 0.444. The predicted octanol–water partition coefficient (Wildman–Crippen LogP) is 1.09. The van der Waals surface area contributed by atoms with E-state index in [4.69, 9.17) is 5.73 Å². The predicted molar refractivity (Wildman–Crippen MR) is 50.7 cm³/mol. The van der Waals surface area contributed by atoms with Gasteiger partial charge in [0.25, 0.3) is 0 Å². The molecule has 66 valence electrons. The van der Waals surface area contributed by atoms with E-state index < -0.39 is 0 Å². The van der Waals surface area contributed by atoms with Gasteiger partial charge >= 0.3 is 0 Å². The Kier molecular flexibility index (Phi) is 2.65. The summed E-state index contributed by atoms with van der Waals surface area (Å²) in [7, 11) is 1.93. The highest BCUT2D eigenvalue weighted by Crippen LogP contribution is 2.14. The summed E-state index contributed by atoms with van der Waals surface area (Å²) in [4.78, 5) is 0. The van der Waals surface area contributed by atoms with E-state index in [1.165, 1.54) is 0 Å². The van der Waals surface area contributed by atoms with Crippen molar-refractivity contribution in [2.24, 2.45) is 12.8 Å². The van der Waals surface area contributed by atoms with Gasteiger partial charge in [0.15, 0.2) is 0 Å². The molecule has 3 nitrogen and oxygen atoms in total. The zero-order valence-electron chi connectivity index (χ0n) is 7.67. The second kappa shape index (κ2) is 3.54. The highest BCUT2D eigenvalue weighted by atomic mass is 15.3. The quantitative estimate of drug-likeness (QED) is 0.728. The number of hydrogen-bond donors (Lipinski definition) is 1. The largest absolute Gasteiger partial charge is 0.330 e. The van der Waals surface area contributed by atoms with Gasteiger partial charge in [-0.3, -0.25) is 4.68 Å². The van der Waals surface area contributed by atoms with Crippen LogP contribution in [0.25, 0.3) is 5.57 Å². The second-order valence-electron chi connectivity index (χ2n) is 2.94. The van der Waals surface area contributed by atoms with E-state index >= 15 is 0 Å². The Morgan fingerprint density at radius 1 is 1.75 bits per heavy atom. The van der Waals surface area contributed by atoms with Crippen LogP contribution >= 0.6 is 0 Å². The molecule has 1 aromatic heterocycles. The topological polar surface area (TPSA) is 43.8 Å². The highest BCUT2D eigenvalue weighted by Gasteiger charge is 2.03. The van der Waals surface area contributed by atoms with Gasteiger partial charge < -0.3 is 5.73 Å². The number of hydrogen-bond acceptors (Lipinski definition) is 2. The first-order chi connectivity index (χ1) is 5.65. The third-order valence-electron chi connectivity index (χ3n) is 1.92. The van der Waals surface area contributed by atoms with E-state index in [0.717, 1.165) is 23.4 Å². The van der Waals surface area contributed by atoms with E-state index in [1.807, 2.05) is 24.7 Å². The molecule has 0 radical (unpaired) electrons. The molecule has 2 N–H and O–H groups in total. The standard InChI is InChI=1S/C9H15N3/c1-7(4-5-10)9-6-8(2)12(3)11-9/h6H,1,4-5,10H2,2-3H3. The first-order valence-corrected chi connectivity index (χ1v) is 4.04. The van der Waals surface area contributed by atoms with Crippen molar-refractivity contribution < 1.29 is 0 Å². The van der Waals surface area contributed by atoms with Crippen molar-refractivity contribution in [2.75, 3.05) is 6.54 Å². The van der Waals surface area contributed by atoms with Crippen LogP contribution in [0.2, 0.25) is 0 Å². The van der Waals surface area contributed by atoms with E-state index in [0.29, 0.717) is 6.54 Å². The molecular weight excluding hydrogens is 150 g/mol. The fourth-order valence-corrected chi connectivity index (χ4v) is 1.04. The molecule has 1 aromatic rings. The van der Waals surface area contributed by atoms with Crippen molar-refractivity contribution in [3.05, 3.63) is 24.0 Å². The van der Waals surface area contributed by atoms with Crippen molar-refractivity contribution in [3.63, 3.8) is 0 Å². The Balaban J connectivity index is 2.82. The van der Waals surface area contributed by atoms with Crippen LogP contribution in [0, 0.1) is 6.92 Å². The van der Waals surface area contributed by atoms with Crippen LogP contribution in [0.5, 0.6) is 0 Å². The van der Waals surface area contributed by atoms with Crippen molar-refractivity contribution in [3.8, 4) is 0 Å². The third kappa shape index (κ3) is 1.74. The van der Waals surface area contributed by atoms with E-state index in [1.54, 1.807) is 0 Å². The molecule has 0 aromatic carbocycles. The summed E-state index contributed by atoms with van der Waals surface area (Å²) < 4.78 is 1.84. The number of nitrogens with zero attached hydrogens (tertiary/aromatic N) is 2. The fourth-order valence-electron chi connectivity index (χ4n) is 1.04. The molecule has 1 rings (SSSR count). The lowest BCUT2D eigenvalue weighted by Crippen LogP contribution is -2.00. The SMILES string of the molecule is C=C(CCN)c1cc(C)n(C)n1. The normalized spacial score (nSPS) is 10.2. The van der Waals surface area contributed by atoms with Gasteiger partial charge in [-0.05, 0) is 31.5 Å². The molecule has 0 fully saturated rings. The number of aromatic nitrogens is 2. The Morgan fingerprint density at radius 2 is 2.42 bits per heavy atom. The minimum atomic E-state index is 0.633. The Labute approximate surface area is 72.9 Å². The monoisotopic (exact) mass is 165 g/mol. The lowest BCUT2D eigenvalue weighted by molar-refractivity contribution is 0.735. The van der Waals surface area contributed by atoms with Gasteiger partial charge in [0.05, 0.1) is 5.69 Å². The van der Waals surface area contributed by atoms with Crippen molar-refractivity contribution in [1.82, 2.24) is 9.78 Å². The maximum Gasteiger partial charge on any atom is 0.0880 e. The molecule has 0 saturated carbocycles. The highest BCUT2D eigenvalue weighted by molar-refractivity contribution is 5.60. The second-order valence-corrected chi connectivity index (χ2v) is 2.94. The number of nitrogens with two attached hydrogens (primary N) is 1. The van der Waals surface area contributed by atoms with Gasteiger partial charge in [-0.2, -0.15) is 5.10 Å². The van der Waals surface area contributed by atoms with Crippen LogP contribution in [0.4, 0.5) is 0 Å². The van der Waals surface area contributed by atoms with Crippen LogP contribution < -0.4 is 5.73 Å². The van der Waals surface area contributed by atoms with Gasteiger partial charge in [-0.15, -0.1) is 0 Å². The molecule has 0 spiro atoms. The molecule has 0 saturated heterocycles. The van der Waals surface area contributed by atoms with Crippen LogP contribution in [-0.4, -0.2) is 16.3 Å². The summed E-state index contributed by atoms with van der Waals surface area (Å²) in [5.41, 5.74) is 8.53. The molecule has 1 heterocycles. The maximum atomic E-state index is 5.42. The number of rotatable bonds is 3. The minimum Gasteiger partial charge on any atom is -0.330 e. The molecule has 3 heteroatoms. The van der Waals surface area contributed by atoms with Crippen LogP contribution in [0.15, 0.2) is 12.6 Å². The van der Waals surface area contributed by atoms with Gasteiger partial charge in [-0.25, -0.2) is 0 Å². The third-order valence-corrected chi connectivity index (χ3v) is 1.92. The van der Waals surface area contributed by atoms with Crippen molar-refractivity contribution >= 4 is 5.57 Å². The summed E-state index contributed by atoms with van der Waals surface area (Å²) in [6.45, 7) is 6.57. The van der Waals surface area contributed by atoms with Crippen LogP contribution in [0.3, 0.4) is 0 Å². The number of aryl methyl sites for hydroxylation is 2. The Morgan fingerprint density at radius 3 is 2.83 bits per heavy atom. The average Bonchev–Trinajstić information content (AvgIpc) is 2.33. The van der Waals surface area contributed by atoms with Crippen LogP contribution in [0.1, 0.15) is 17.8 Å². The molecule has 0 aliphatic rings. The summed E-state index contributed by atoms with van der Waals surface area (Å²) >= 11 is 0. The van der Waals surface area contributed by atoms with E-state index in [-0.39, 0.29) is 0 Å².